The smallest absolute Gasteiger partial charge is 0.164 e. The first kappa shape index (κ1) is 38.0. The highest BCUT2D eigenvalue weighted by molar-refractivity contribution is 6.70. The van der Waals surface area contributed by atoms with Gasteiger partial charge in [0.25, 0.3) is 0 Å². The van der Waals surface area contributed by atoms with E-state index in [4.69, 9.17) is 97.8 Å². The summed E-state index contributed by atoms with van der Waals surface area (Å²) in [5.74, 6) is 0.183. The molecular weight excluding hydrogens is 721 g/mol. The predicted molar refractivity (Wildman–Crippen MR) is 257 cm³/mol. The van der Waals surface area contributed by atoms with Gasteiger partial charge in [0.15, 0.2) is 23.1 Å². The van der Waals surface area contributed by atoms with Gasteiger partial charge in [-0.25, -0.2) is 15.0 Å². The van der Waals surface area contributed by atoms with Crippen molar-refractivity contribution < 1.29 is 4.42 Å². The summed E-state index contributed by atoms with van der Waals surface area (Å²) in [5.41, 5.74) is 7.34. The molecule has 0 saturated carbocycles. The molecule has 10 rings (SSSR count). The predicted octanol–water partition coefficient (Wildman–Crippen LogP) is -0.526. The second kappa shape index (κ2) is 14.2. The Morgan fingerprint density at radius 1 is 0.400 bits per heavy atom. The van der Waals surface area contributed by atoms with E-state index in [1.165, 1.54) is 0 Å². The standard InChI is InChI=1S/C45H18B10N4O/c46-32-30(33(47)37(51)40(54)36(32)50)44-56-43(57-45(58-44)31-34(48)38(52)41(55)39(53)35(31)49)23-12-7-15-28-29(23)22-11-6-14-27(42(22)60-28)59-25-13-5-4-10-21(25)24-18-20(16-17-26(24)59)19-8-2-1-3-9-19/h1-18H. The molecule has 0 aliphatic rings. The summed E-state index contributed by atoms with van der Waals surface area (Å²) < 4.78 is 9.02. The zero-order valence-corrected chi connectivity index (χ0v) is 31.9. The van der Waals surface area contributed by atoms with E-state index < -0.39 is 0 Å². The minimum Gasteiger partial charge on any atom is -0.454 e. The Balaban J connectivity index is 1.25. The van der Waals surface area contributed by atoms with Crippen molar-refractivity contribution in [2.24, 2.45) is 0 Å². The molecule has 0 saturated heterocycles. The Kier molecular flexibility index (Phi) is 9.02. The summed E-state index contributed by atoms with van der Waals surface area (Å²) in [5, 5.41) is 3.73. The van der Waals surface area contributed by atoms with Crippen LogP contribution in [0.15, 0.2) is 114 Å². The van der Waals surface area contributed by atoms with E-state index in [0.717, 1.165) is 49.4 Å². The highest BCUT2D eigenvalue weighted by atomic mass is 16.3. The molecule has 0 aliphatic heterocycles. The minimum absolute atomic E-state index is 0.00168. The van der Waals surface area contributed by atoms with E-state index in [1.54, 1.807) is 0 Å². The number of hydrogen-bond acceptors (Lipinski definition) is 4. The first-order valence-electron chi connectivity index (χ1n) is 18.8. The van der Waals surface area contributed by atoms with Crippen LogP contribution in [-0.2, 0) is 0 Å². The summed E-state index contributed by atoms with van der Waals surface area (Å²) >= 11 is 0. The fourth-order valence-corrected chi connectivity index (χ4v) is 8.14. The van der Waals surface area contributed by atoms with Crippen molar-refractivity contribution in [1.29, 1.82) is 0 Å². The molecule has 20 radical (unpaired) electrons. The number of rotatable bonds is 5. The fourth-order valence-electron chi connectivity index (χ4n) is 8.14. The third kappa shape index (κ3) is 5.65. The van der Waals surface area contributed by atoms with E-state index in [9.17, 15) is 0 Å². The first-order chi connectivity index (χ1) is 28.9. The van der Waals surface area contributed by atoms with Gasteiger partial charge in [0, 0.05) is 38.2 Å². The van der Waals surface area contributed by atoms with Gasteiger partial charge in [-0.15, -0.1) is 32.8 Å². The molecule has 3 heterocycles. The van der Waals surface area contributed by atoms with Crippen LogP contribution in [0.5, 0.6) is 0 Å². The lowest BCUT2D eigenvalue weighted by atomic mass is 9.60. The van der Waals surface area contributed by atoms with Crippen molar-refractivity contribution in [3.05, 3.63) is 109 Å². The summed E-state index contributed by atoms with van der Waals surface area (Å²) in [6.07, 6.45) is 0. The highest BCUT2D eigenvalue weighted by Crippen LogP contribution is 2.41. The molecule has 0 fully saturated rings. The highest BCUT2D eigenvalue weighted by Gasteiger charge is 2.24. The van der Waals surface area contributed by atoms with Gasteiger partial charge in [-0.05, 0) is 41.5 Å². The van der Waals surface area contributed by atoms with Crippen LogP contribution >= 0.6 is 0 Å². The molecule has 3 aromatic heterocycles. The van der Waals surface area contributed by atoms with Crippen LogP contribution in [0, 0.1) is 0 Å². The Labute approximate surface area is 359 Å². The van der Waals surface area contributed by atoms with Crippen LogP contribution in [0.25, 0.3) is 94.7 Å². The zero-order valence-electron chi connectivity index (χ0n) is 31.9. The molecule has 0 unspecified atom stereocenters. The molecule has 0 amide bonds. The second-order valence-corrected chi connectivity index (χ2v) is 14.6. The van der Waals surface area contributed by atoms with Crippen molar-refractivity contribution in [2.75, 3.05) is 0 Å². The molecule has 60 heavy (non-hydrogen) atoms. The van der Waals surface area contributed by atoms with Gasteiger partial charge in [0.05, 0.1) is 16.7 Å². The Hall–Kier alpha value is -6.20. The Morgan fingerprint density at radius 3 is 1.55 bits per heavy atom. The lowest BCUT2D eigenvalue weighted by Gasteiger charge is -2.22. The number of aromatic nitrogens is 4. The lowest BCUT2D eigenvalue weighted by molar-refractivity contribution is 0.666. The first-order valence-corrected chi connectivity index (χ1v) is 18.8. The monoisotopic (exact) mass is 740 g/mol. The van der Waals surface area contributed by atoms with Crippen molar-refractivity contribution >= 4 is 177 Å². The number of nitrogens with zero attached hydrogens (tertiary/aromatic N) is 4. The average Bonchev–Trinajstić information content (AvgIpc) is 3.82. The SMILES string of the molecule is [B]c1c([B])c([B])c(-c2nc(-c3c([B])c([B])c([B])c([B])c3[B])nc(-c3cccc4oc5c(-n6c7ccccc7c7cc(-c8ccccc8)ccc76)cccc5c34)n2)c([B])c1[B]. The van der Waals surface area contributed by atoms with Crippen LogP contribution in [0.3, 0.4) is 0 Å². The molecule has 0 atom stereocenters. The molecule has 0 bridgehead atoms. The van der Waals surface area contributed by atoms with Gasteiger partial charge in [-0.3, -0.25) is 0 Å². The quantitative estimate of drug-likeness (QED) is 0.223. The minimum atomic E-state index is 0.00168. The van der Waals surface area contributed by atoms with Gasteiger partial charge < -0.3 is 8.98 Å². The number of para-hydroxylation sites is 2. The molecule has 0 spiro atoms. The lowest BCUT2D eigenvalue weighted by Crippen LogP contribution is -2.55. The molecule has 7 aromatic carbocycles. The third-order valence-corrected chi connectivity index (χ3v) is 11.2. The van der Waals surface area contributed by atoms with Crippen LogP contribution < -0.4 is 54.6 Å². The number of fused-ring (bicyclic) bond motifs is 6. The second-order valence-electron chi connectivity index (χ2n) is 14.6. The Morgan fingerprint density at radius 2 is 0.917 bits per heavy atom. The van der Waals surface area contributed by atoms with E-state index >= 15 is 0 Å². The summed E-state index contributed by atoms with van der Waals surface area (Å²) in [6, 6.07) is 36.8. The fraction of sp³-hybridized carbons (Fsp3) is 0. The van der Waals surface area contributed by atoms with Gasteiger partial charge in [-0.2, -0.15) is 0 Å². The Bertz CT molecular complexity index is 3310. The number of furan rings is 1. The van der Waals surface area contributed by atoms with E-state index in [1.807, 2.05) is 60.7 Å². The molecule has 254 valence electrons. The van der Waals surface area contributed by atoms with Crippen molar-refractivity contribution in [3.8, 4) is 51.0 Å². The maximum Gasteiger partial charge on any atom is 0.164 e. The molecule has 10 aromatic rings. The van der Waals surface area contributed by atoms with Crippen molar-refractivity contribution in [3.63, 3.8) is 0 Å². The van der Waals surface area contributed by atoms with E-state index in [0.29, 0.717) is 16.7 Å². The third-order valence-electron chi connectivity index (χ3n) is 11.2. The van der Waals surface area contributed by atoms with Gasteiger partial charge in [-0.1, -0.05) is 101 Å². The summed E-state index contributed by atoms with van der Waals surface area (Å²) in [7, 11) is 63.8. The maximum absolute atomic E-state index is 6.79. The summed E-state index contributed by atoms with van der Waals surface area (Å²) in [6.45, 7) is 0. The zero-order chi connectivity index (χ0) is 41.7. The largest absolute Gasteiger partial charge is 0.454 e. The average molecular weight is 739 g/mol. The molecule has 5 nitrogen and oxygen atoms in total. The normalized spacial score (nSPS) is 11.7. The number of hydrogen-bond donors (Lipinski definition) is 0. The maximum atomic E-state index is 6.79. The molecular formula is C45H18B10N4O. The molecule has 0 aliphatic carbocycles. The van der Waals surface area contributed by atoms with Crippen LogP contribution in [0.2, 0.25) is 0 Å². The van der Waals surface area contributed by atoms with E-state index in [2.05, 4.69) is 53.1 Å². The van der Waals surface area contributed by atoms with Crippen molar-refractivity contribution in [2.45, 2.75) is 0 Å². The van der Waals surface area contributed by atoms with Gasteiger partial charge in [0.1, 0.15) is 84.0 Å². The molecule has 15 heteroatoms. The summed E-state index contributed by atoms with van der Waals surface area (Å²) in [4.78, 5) is 14.6. The van der Waals surface area contributed by atoms with E-state index in [-0.39, 0.29) is 83.2 Å². The van der Waals surface area contributed by atoms with Crippen molar-refractivity contribution in [1.82, 2.24) is 19.5 Å². The van der Waals surface area contributed by atoms with Crippen LogP contribution in [0.1, 0.15) is 0 Å². The van der Waals surface area contributed by atoms with Crippen LogP contribution in [0.4, 0.5) is 0 Å². The molecule has 0 N–H and O–H groups in total. The topological polar surface area (TPSA) is 56.7 Å². The van der Waals surface area contributed by atoms with Crippen LogP contribution in [-0.4, -0.2) is 98.0 Å². The van der Waals surface area contributed by atoms with Gasteiger partial charge >= 0.3 is 0 Å². The number of benzene rings is 7. The van der Waals surface area contributed by atoms with Gasteiger partial charge in [0.2, 0.25) is 0 Å².